The van der Waals surface area contributed by atoms with Crippen LogP contribution in [0, 0.1) is 11.3 Å². The Kier molecular flexibility index (Phi) is 5.16. The van der Waals surface area contributed by atoms with Crippen molar-refractivity contribution in [2.75, 3.05) is 13.7 Å². The highest BCUT2D eigenvalue weighted by Crippen LogP contribution is 2.46. The minimum absolute atomic E-state index is 0.367. The number of hydrogen-bond donors (Lipinski definition) is 3. The molecular weight excluding hydrogens is 356 g/mol. The van der Waals surface area contributed by atoms with Crippen LogP contribution < -0.4 is 15.8 Å². The summed E-state index contributed by atoms with van der Waals surface area (Å²) in [4.78, 5) is 14.2. The average Bonchev–Trinajstić information content (AvgIpc) is 2.68. The first-order valence-corrected chi connectivity index (χ1v) is 9.06. The van der Waals surface area contributed by atoms with Crippen molar-refractivity contribution in [1.29, 1.82) is 5.26 Å². The van der Waals surface area contributed by atoms with Gasteiger partial charge in [0.15, 0.2) is 6.23 Å². The molecule has 1 amide bonds. The number of carbonyl (C=O) groups excluding carboxylic acids is 1. The number of rotatable bonds is 4. The van der Waals surface area contributed by atoms with Gasteiger partial charge < -0.3 is 25.8 Å². The first-order valence-electron chi connectivity index (χ1n) is 9.06. The van der Waals surface area contributed by atoms with Crippen molar-refractivity contribution in [2.45, 2.75) is 32.9 Å². The molecule has 2 aliphatic heterocycles. The maximum Gasteiger partial charge on any atom is 0.247 e. The van der Waals surface area contributed by atoms with Gasteiger partial charge in [0.2, 0.25) is 5.91 Å². The number of hydrogen-bond acceptors (Lipinski definition) is 6. The van der Waals surface area contributed by atoms with Crippen LogP contribution in [-0.4, -0.2) is 35.8 Å². The number of nitriles is 1. The summed E-state index contributed by atoms with van der Waals surface area (Å²) in [5, 5.41) is 23.5. The Hall–Kier alpha value is -3.24. The predicted molar refractivity (Wildman–Crippen MR) is 105 cm³/mol. The maximum atomic E-state index is 12.4. The molecule has 0 spiro atoms. The predicted octanol–water partition coefficient (Wildman–Crippen LogP) is 1.82. The largest absolute Gasteiger partial charge is 0.496 e. The number of primary amides is 1. The third kappa shape index (κ3) is 3.02. The normalized spacial score (nSPS) is 21.6. The van der Waals surface area contributed by atoms with Crippen molar-refractivity contribution in [1.82, 2.24) is 10.2 Å². The first kappa shape index (κ1) is 19.5. The molecule has 2 atom stereocenters. The molecule has 28 heavy (non-hydrogen) atoms. The Bertz CT molecular complexity index is 968. The van der Waals surface area contributed by atoms with Gasteiger partial charge in [-0.2, -0.15) is 5.26 Å². The van der Waals surface area contributed by atoms with Gasteiger partial charge in [-0.05, 0) is 38.5 Å². The number of carbonyl (C=O) groups is 1. The molecule has 2 aliphatic rings. The van der Waals surface area contributed by atoms with Crippen LogP contribution >= 0.6 is 0 Å². The molecule has 3 rings (SSSR count). The lowest BCUT2D eigenvalue weighted by Crippen LogP contribution is -2.44. The fourth-order valence-corrected chi connectivity index (χ4v) is 3.94. The molecule has 0 saturated heterocycles. The Balaban J connectivity index is 2.30. The zero-order valence-corrected chi connectivity index (χ0v) is 16.4. The second kappa shape index (κ2) is 7.41. The van der Waals surface area contributed by atoms with Gasteiger partial charge in [-0.15, -0.1) is 0 Å². The molecule has 2 heterocycles. The van der Waals surface area contributed by atoms with Gasteiger partial charge >= 0.3 is 0 Å². The minimum atomic E-state index is -0.927. The molecule has 0 radical (unpaired) electrons. The van der Waals surface area contributed by atoms with E-state index in [2.05, 4.69) is 11.4 Å². The summed E-state index contributed by atoms with van der Waals surface area (Å²) in [6, 6.07) is 7.14. The Morgan fingerprint density at radius 2 is 2.14 bits per heavy atom. The van der Waals surface area contributed by atoms with Crippen LogP contribution in [-0.2, 0) is 4.79 Å². The lowest BCUT2D eigenvalue weighted by Gasteiger charge is -2.41. The van der Waals surface area contributed by atoms with E-state index in [0.29, 0.717) is 40.3 Å². The second-order valence-corrected chi connectivity index (χ2v) is 6.88. The third-order valence-electron chi connectivity index (χ3n) is 5.26. The summed E-state index contributed by atoms with van der Waals surface area (Å²) < 4.78 is 5.52. The molecule has 4 N–H and O–H groups in total. The SMILES string of the molecule is CCN1C=C(C)C2=C(C1O)[C@H](c1ccc(C#N)cc1OC)C(C(N)=O)=C(C)N2. The molecule has 1 aromatic rings. The number of benzene rings is 1. The molecule has 0 fully saturated rings. The maximum absolute atomic E-state index is 12.4. The van der Waals surface area contributed by atoms with Crippen LogP contribution in [0.15, 0.2) is 52.5 Å². The molecule has 146 valence electrons. The standard InChI is InChI=1S/C21H24N4O3/c1-5-25-10-11(2)19-18(21(25)27)17(16(20(23)26)12(3)24-19)14-7-6-13(9-22)8-15(14)28-4/h6-8,10,17,21,24,27H,5H2,1-4H3,(H2,23,26)/t17-,21?/m1/s1. The van der Waals surface area contributed by atoms with Gasteiger partial charge in [-0.3, -0.25) is 4.79 Å². The van der Waals surface area contributed by atoms with Gasteiger partial charge in [0.05, 0.1) is 18.7 Å². The number of amides is 1. The molecule has 0 aliphatic carbocycles. The van der Waals surface area contributed by atoms with Crippen LogP contribution in [0.25, 0.3) is 0 Å². The van der Waals surface area contributed by atoms with E-state index < -0.39 is 18.1 Å². The van der Waals surface area contributed by atoms with Crippen LogP contribution in [0.1, 0.15) is 37.8 Å². The topological polar surface area (TPSA) is 112 Å². The van der Waals surface area contributed by atoms with Crippen molar-refractivity contribution in [3.05, 3.63) is 63.6 Å². The average molecular weight is 380 g/mol. The summed E-state index contributed by atoms with van der Waals surface area (Å²) in [6.07, 6.45) is 0.968. The zero-order chi connectivity index (χ0) is 20.6. The molecule has 1 aromatic carbocycles. The Morgan fingerprint density at radius 3 is 2.71 bits per heavy atom. The summed E-state index contributed by atoms with van der Waals surface area (Å²) >= 11 is 0. The van der Waals surface area contributed by atoms with Crippen LogP contribution in [0.5, 0.6) is 5.75 Å². The lowest BCUT2D eigenvalue weighted by atomic mass is 9.76. The van der Waals surface area contributed by atoms with E-state index in [9.17, 15) is 15.2 Å². The van der Waals surface area contributed by atoms with Gasteiger partial charge in [0.1, 0.15) is 5.75 Å². The van der Waals surface area contributed by atoms with E-state index in [4.69, 9.17) is 10.5 Å². The number of nitrogens with zero attached hydrogens (tertiary/aromatic N) is 2. The number of nitrogens with two attached hydrogens (primary N) is 1. The molecule has 0 bridgehead atoms. The van der Waals surface area contributed by atoms with E-state index >= 15 is 0 Å². The highest BCUT2D eigenvalue weighted by molar-refractivity contribution is 5.96. The summed E-state index contributed by atoms with van der Waals surface area (Å²) in [7, 11) is 1.51. The van der Waals surface area contributed by atoms with Crippen LogP contribution in [0.2, 0.25) is 0 Å². The van der Waals surface area contributed by atoms with E-state index in [1.54, 1.807) is 30.0 Å². The van der Waals surface area contributed by atoms with E-state index in [0.717, 1.165) is 11.3 Å². The molecule has 7 heteroatoms. The van der Waals surface area contributed by atoms with E-state index in [1.807, 2.05) is 20.0 Å². The zero-order valence-electron chi connectivity index (χ0n) is 16.4. The third-order valence-corrected chi connectivity index (χ3v) is 5.26. The quantitative estimate of drug-likeness (QED) is 0.735. The van der Waals surface area contributed by atoms with Gasteiger partial charge in [0, 0.05) is 46.8 Å². The monoisotopic (exact) mass is 380 g/mol. The van der Waals surface area contributed by atoms with Crippen molar-refractivity contribution < 1.29 is 14.6 Å². The highest BCUT2D eigenvalue weighted by atomic mass is 16.5. The van der Waals surface area contributed by atoms with Gasteiger partial charge in [0.25, 0.3) is 0 Å². The number of methoxy groups -OCH3 is 1. The summed E-state index contributed by atoms with van der Waals surface area (Å²) in [5.74, 6) is -0.702. The Morgan fingerprint density at radius 1 is 1.43 bits per heavy atom. The number of aliphatic hydroxyl groups excluding tert-OH is 1. The van der Waals surface area contributed by atoms with E-state index in [-0.39, 0.29) is 0 Å². The van der Waals surface area contributed by atoms with Crippen molar-refractivity contribution in [3.63, 3.8) is 0 Å². The van der Waals surface area contributed by atoms with Crippen molar-refractivity contribution >= 4 is 5.91 Å². The summed E-state index contributed by atoms with van der Waals surface area (Å²) in [5.41, 5.74) is 10.2. The van der Waals surface area contributed by atoms with Crippen molar-refractivity contribution in [2.24, 2.45) is 5.73 Å². The number of ether oxygens (including phenoxy) is 1. The number of aliphatic hydroxyl groups is 1. The number of allylic oxidation sites excluding steroid dienone is 2. The number of dihydropyridines is 1. The molecular formula is C21H24N4O3. The molecule has 0 aromatic heterocycles. The molecule has 1 unspecified atom stereocenters. The smallest absolute Gasteiger partial charge is 0.247 e. The number of nitrogens with one attached hydrogen (secondary N) is 1. The summed E-state index contributed by atoms with van der Waals surface area (Å²) in [6.45, 7) is 6.29. The van der Waals surface area contributed by atoms with E-state index in [1.165, 1.54) is 7.11 Å². The minimum Gasteiger partial charge on any atom is -0.496 e. The molecule has 0 saturated carbocycles. The number of likely N-dealkylation sites (N-methyl/N-ethyl adjacent to an activating group) is 1. The fraction of sp³-hybridized carbons (Fsp3) is 0.333. The van der Waals surface area contributed by atoms with Crippen LogP contribution in [0.4, 0.5) is 0 Å². The van der Waals surface area contributed by atoms with Gasteiger partial charge in [-0.1, -0.05) is 6.07 Å². The second-order valence-electron chi connectivity index (χ2n) is 6.88. The fourth-order valence-electron chi connectivity index (χ4n) is 3.94. The Labute approximate surface area is 164 Å². The molecule has 7 nitrogen and oxygen atoms in total. The van der Waals surface area contributed by atoms with Gasteiger partial charge in [-0.25, -0.2) is 0 Å². The van der Waals surface area contributed by atoms with Crippen molar-refractivity contribution in [3.8, 4) is 11.8 Å². The van der Waals surface area contributed by atoms with Crippen LogP contribution in [0.3, 0.4) is 0 Å². The highest BCUT2D eigenvalue weighted by Gasteiger charge is 2.41. The first-order chi connectivity index (χ1) is 13.3. The lowest BCUT2D eigenvalue weighted by molar-refractivity contribution is -0.114.